The van der Waals surface area contributed by atoms with Crippen molar-refractivity contribution in [3.05, 3.63) is 49.1 Å². The second-order valence-corrected chi connectivity index (χ2v) is 11.3. The molecule has 1 aromatic carbocycles. The number of ether oxygens (including phenoxy) is 1. The molecule has 0 aliphatic heterocycles. The molecule has 10 nitrogen and oxygen atoms in total. The number of anilines is 1. The van der Waals surface area contributed by atoms with Crippen LogP contribution in [0, 0.1) is 10.1 Å². The van der Waals surface area contributed by atoms with Crippen molar-refractivity contribution < 1.29 is 24.0 Å². The van der Waals surface area contributed by atoms with E-state index in [4.69, 9.17) is 4.74 Å². The van der Waals surface area contributed by atoms with Gasteiger partial charge in [-0.1, -0.05) is 11.3 Å². The molecule has 196 valence electrons. The number of thiophene rings is 1. The van der Waals surface area contributed by atoms with Gasteiger partial charge in [0.2, 0.25) is 5.91 Å². The lowest BCUT2D eigenvalue weighted by Gasteiger charge is -2.12. The molecule has 2 heterocycles. The van der Waals surface area contributed by atoms with Gasteiger partial charge in [0, 0.05) is 23.6 Å². The van der Waals surface area contributed by atoms with Crippen LogP contribution >= 0.6 is 34.4 Å². The van der Waals surface area contributed by atoms with Gasteiger partial charge in [0.05, 0.1) is 38.8 Å². The number of rotatable bonds is 9. The Morgan fingerprint density at radius 1 is 1.19 bits per heavy atom. The minimum Gasteiger partial charge on any atom is -0.462 e. The van der Waals surface area contributed by atoms with Gasteiger partial charge < -0.3 is 14.6 Å². The molecule has 13 heteroatoms. The quantitative estimate of drug-likeness (QED) is 0.230. The van der Waals surface area contributed by atoms with Crippen molar-refractivity contribution in [3.8, 4) is 0 Å². The Hall–Kier alpha value is -3.03. The van der Waals surface area contributed by atoms with Gasteiger partial charge in [-0.3, -0.25) is 19.7 Å². The lowest BCUT2D eigenvalue weighted by Crippen LogP contribution is -2.19. The number of thiazole rings is 1. The molecule has 4 rings (SSSR count). The van der Waals surface area contributed by atoms with Crippen LogP contribution in [0.25, 0.3) is 10.2 Å². The van der Waals surface area contributed by atoms with Crippen LogP contribution in [0.3, 0.4) is 0 Å². The van der Waals surface area contributed by atoms with E-state index in [1.54, 1.807) is 13.0 Å². The van der Waals surface area contributed by atoms with Gasteiger partial charge >= 0.3 is 5.97 Å². The molecule has 0 radical (unpaired) electrons. The Balaban J connectivity index is 1.41. The second kappa shape index (κ2) is 12.0. The minimum absolute atomic E-state index is 0.00278. The van der Waals surface area contributed by atoms with Gasteiger partial charge in [-0.2, -0.15) is 4.99 Å². The van der Waals surface area contributed by atoms with E-state index in [0.29, 0.717) is 26.6 Å². The van der Waals surface area contributed by atoms with Crippen molar-refractivity contribution in [1.82, 2.24) is 4.57 Å². The maximum absolute atomic E-state index is 12.6. The van der Waals surface area contributed by atoms with E-state index in [1.165, 1.54) is 34.8 Å². The van der Waals surface area contributed by atoms with E-state index in [2.05, 4.69) is 10.3 Å². The van der Waals surface area contributed by atoms with E-state index in [1.807, 2.05) is 11.5 Å². The third-order valence-electron chi connectivity index (χ3n) is 5.78. The van der Waals surface area contributed by atoms with Gasteiger partial charge in [-0.05, 0) is 51.2 Å². The van der Waals surface area contributed by atoms with E-state index in [0.717, 1.165) is 53.4 Å². The van der Waals surface area contributed by atoms with Crippen molar-refractivity contribution in [3.63, 3.8) is 0 Å². The normalized spacial score (nSPS) is 13.4. The van der Waals surface area contributed by atoms with Crippen molar-refractivity contribution in [2.24, 2.45) is 4.99 Å². The zero-order valence-corrected chi connectivity index (χ0v) is 22.9. The Labute approximate surface area is 224 Å². The molecule has 2 amide bonds. The number of carbonyl (C=O) groups excluding carboxylic acids is 3. The molecule has 1 N–H and O–H groups in total. The van der Waals surface area contributed by atoms with E-state index >= 15 is 0 Å². The Kier molecular flexibility index (Phi) is 8.77. The fraction of sp³-hybridized carbons (Fsp3) is 0.417. The van der Waals surface area contributed by atoms with E-state index in [-0.39, 0.29) is 29.7 Å². The standard InChI is InChI=1S/C24H26N4O6S3/c1-3-27-16-10-9-14(28(32)33)11-18(16)37-24(27)26-20(30)13-35-12-19(29)25-22-21(23(31)34-4-2)15-7-5-6-8-17(15)36-22/h9-11H,3-8,12-13H2,1-2H3,(H,25,29). The van der Waals surface area contributed by atoms with Gasteiger partial charge in [-0.15, -0.1) is 23.1 Å². The number of hydrogen-bond acceptors (Lipinski definition) is 9. The lowest BCUT2D eigenvalue weighted by molar-refractivity contribution is -0.384. The summed E-state index contributed by atoms with van der Waals surface area (Å²) >= 11 is 3.77. The molecule has 37 heavy (non-hydrogen) atoms. The smallest absolute Gasteiger partial charge is 0.341 e. The number of nitrogens with one attached hydrogen (secondary N) is 1. The number of nitro benzene ring substituents is 1. The number of aryl methyl sites for hydroxylation is 2. The average Bonchev–Trinajstić information content (AvgIpc) is 3.40. The Morgan fingerprint density at radius 2 is 1.97 bits per heavy atom. The first kappa shape index (κ1) is 27.0. The van der Waals surface area contributed by atoms with Gasteiger partial charge in [-0.25, -0.2) is 4.79 Å². The van der Waals surface area contributed by atoms with Gasteiger partial charge in [0.25, 0.3) is 11.6 Å². The monoisotopic (exact) mass is 562 g/mol. The summed E-state index contributed by atoms with van der Waals surface area (Å²) in [6, 6.07) is 4.56. The zero-order chi connectivity index (χ0) is 26.5. The van der Waals surface area contributed by atoms with Crippen LogP contribution in [-0.4, -0.2) is 45.4 Å². The minimum atomic E-state index is -0.458. The van der Waals surface area contributed by atoms with Crippen molar-refractivity contribution in [1.29, 1.82) is 0 Å². The molecule has 2 aromatic heterocycles. The Morgan fingerprint density at radius 3 is 2.70 bits per heavy atom. The summed E-state index contributed by atoms with van der Waals surface area (Å²) in [5, 5.41) is 14.4. The molecular formula is C24H26N4O6S3. The van der Waals surface area contributed by atoms with Crippen molar-refractivity contribution in [2.75, 3.05) is 23.4 Å². The fourth-order valence-corrected chi connectivity index (χ4v) is 7.21. The first-order chi connectivity index (χ1) is 17.8. The molecule has 0 spiro atoms. The summed E-state index contributed by atoms with van der Waals surface area (Å²) in [5.74, 6) is -1.10. The van der Waals surface area contributed by atoms with E-state index in [9.17, 15) is 24.5 Å². The third kappa shape index (κ3) is 6.11. The molecular weight excluding hydrogens is 536 g/mol. The summed E-state index contributed by atoms with van der Waals surface area (Å²) in [5.41, 5.74) is 2.19. The number of thioether (sulfide) groups is 1. The molecule has 1 aliphatic carbocycles. The summed E-state index contributed by atoms with van der Waals surface area (Å²) in [4.78, 5) is 54.1. The summed E-state index contributed by atoms with van der Waals surface area (Å²) < 4.78 is 7.72. The number of non-ortho nitro benzene ring substituents is 1. The first-order valence-electron chi connectivity index (χ1n) is 11.9. The number of nitro groups is 1. The Bertz CT molecular complexity index is 1440. The highest BCUT2D eigenvalue weighted by molar-refractivity contribution is 8.00. The van der Waals surface area contributed by atoms with Crippen molar-refractivity contribution in [2.45, 2.75) is 46.1 Å². The number of benzene rings is 1. The maximum atomic E-state index is 12.6. The summed E-state index contributed by atoms with van der Waals surface area (Å²) in [6.07, 6.45) is 3.73. The maximum Gasteiger partial charge on any atom is 0.341 e. The first-order valence-corrected chi connectivity index (χ1v) is 14.7. The number of amides is 2. The van der Waals surface area contributed by atoms with Crippen LogP contribution in [-0.2, 0) is 33.7 Å². The molecule has 0 saturated carbocycles. The molecule has 1 aliphatic rings. The van der Waals surface area contributed by atoms with Crippen LogP contribution in [0.4, 0.5) is 10.7 Å². The second-order valence-electron chi connectivity index (χ2n) is 8.22. The van der Waals surface area contributed by atoms with Crippen LogP contribution in [0.2, 0.25) is 0 Å². The van der Waals surface area contributed by atoms with Crippen LogP contribution in [0.5, 0.6) is 0 Å². The third-order valence-corrected chi connectivity index (χ3v) is 8.94. The predicted molar refractivity (Wildman–Crippen MR) is 146 cm³/mol. The molecule has 0 atom stereocenters. The molecule has 0 saturated heterocycles. The molecule has 0 fully saturated rings. The van der Waals surface area contributed by atoms with Crippen molar-refractivity contribution >= 4 is 73.1 Å². The highest BCUT2D eigenvalue weighted by Gasteiger charge is 2.27. The highest BCUT2D eigenvalue weighted by atomic mass is 32.2. The van der Waals surface area contributed by atoms with Gasteiger partial charge in [0.1, 0.15) is 5.00 Å². The topological polar surface area (TPSA) is 133 Å². The number of nitrogens with zero attached hydrogens (tertiary/aromatic N) is 3. The fourth-order valence-electron chi connectivity index (χ4n) is 4.17. The number of aromatic nitrogens is 1. The van der Waals surface area contributed by atoms with Crippen LogP contribution < -0.4 is 10.1 Å². The largest absolute Gasteiger partial charge is 0.462 e. The molecule has 0 bridgehead atoms. The van der Waals surface area contributed by atoms with Gasteiger partial charge in [0.15, 0.2) is 4.80 Å². The SMILES string of the molecule is CCOC(=O)c1c(NC(=O)CSCC(=O)N=c2sc3cc([N+](=O)[O-])ccc3n2CC)sc2c1CCCC2. The average molecular weight is 563 g/mol. The predicted octanol–water partition coefficient (Wildman–Crippen LogP) is 4.55. The molecule has 0 unspecified atom stereocenters. The number of carbonyl (C=O) groups is 3. The number of esters is 1. The summed E-state index contributed by atoms with van der Waals surface area (Å²) in [6.45, 7) is 4.46. The van der Waals surface area contributed by atoms with Crippen LogP contribution in [0.15, 0.2) is 23.2 Å². The lowest BCUT2D eigenvalue weighted by atomic mass is 9.95. The van der Waals surface area contributed by atoms with E-state index < -0.39 is 16.8 Å². The number of fused-ring (bicyclic) bond motifs is 2. The summed E-state index contributed by atoms with van der Waals surface area (Å²) in [7, 11) is 0. The highest BCUT2D eigenvalue weighted by Crippen LogP contribution is 2.38. The molecule has 3 aromatic rings. The van der Waals surface area contributed by atoms with Crippen LogP contribution in [0.1, 0.15) is 47.5 Å². The zero-order valence-electron chi connectivity index (χ0n) is 20.4. The number of hydrogen-bond donors (Lipinski definition) is 1.